The first-order chi connectivity index (χ1) is 8.61. The molecule has 0 aliphatic heterocycles. The van der Waals surface area contributed by atoms with E-state index in [9.17, 15) is 9.59 Å². The zero-order valence-electron chi connectivity index (χ0n) is 10.1. The highest BCUT2D eigenvalue weighted by Gasteiger charge is 2.05. The molecule has 6 heteroatoms. The van der Waals surface area contributed by atoms with Crippen molar-refractivity contribution in [2.75, 3.05) is 23.9 Å². The van der Waals surface area contributed by atoms with Gasteiger partial charge in [0.1, 0.15) is 0 Å². The van der Waals surface area contributed by atoms with E-state index < -0.39 is 5.97 Å². The van der Waals surface area contributed by atoms with E-state index in [2.05, 4.69) is 10.6 Å². The van der Waals surface area contributed by atoms with Crippen molar-refractivity contribution in [1.29, 1.82) is 0 Å². The number of amides is 1. The second-order valence-corrected chi connectivity index (χ2v) is 4.65. The molecule has 0 radical (unpaired) electrons. The number of carboxylic acids is 1. The molecular formula is C12H16N2O3S. The van der Waals surface area contributed by atoms with Crippen LogP contribution < -0.4 is 10.6 Å². The zero-order chi connectivity index (χ0) is 13.4. The number of hydrogen-bond donors (Lipinski definition) is 3. The van der Waals surface area contributed by atoms with Gasteiger partial charge in [0.05, 0.1) is 11.5 Å². The van der Waals surface area contributed by atoms with Gasteiger partial charge >= 0.3 is 5.97 Å². The molecule has 0 spiro atoms. The van der Waals surface area contributed by atoms with E-state index in [1.807, 2.05) is 25.2 Å². The summed E-state index contributed by atoms with van der Waals surface area (Å²) in [6.45, 7) is 0.734. The molecule has 0 saturated carbocycles. The van der Waals surface area contributed by atoms with Crippen LogP contribution in [0.15, 0.2) is 24.3 Å². The summed E-state index contributed by atoms with van der Waals surface area (Å²) in [5.74, 6) is -1.03. The Kier molecular flexibility index (Phi) is 6.24. The number of hydrogen-bond acceptors (Lipinski definition) is 4. The van der Waals surface area contributed by atoms with E-state index in [0.717, 1.165) is 29.6 Å². The molecule has 0 fully saturated rings. The highest BCUT2D eigenvalue weighted by atomic mass is 32.2. The van der Waals surface area contributed by atoms with Crippen molar-refractivity contribution in [2.24, 2.45) is 0 Å². The van der Waals surface area contributed by atoms with Crippen LogP contribution in [0, 0.1) is 0 Å². The minimum Gasteiger partial charge on any atom is -0.481 e. The van der Waals surface area contributed by atoms with Crippen molar-refractivity contribution in [3.8, 4) is 0 Å². The summed E-state index contributed by atoms with van der Waals surface area (Å²) in [5.41, 5.74) is 1.80. The van der Waals surface area contributed by atoms with Crippen molar-refractivity contribution >= 4 is 29.3 Å². The van der Waals surface area contributed by atoms with Gasteiger partial charge in [-0.25, -0.2) is 0 Å². The number of aliphatic carboxylic acids is 1. The Morgan fingerprint density at radius 3 is 2.78 bits per heavy atom. The average molecular weight is 268 g/mol. The average Bonchev–Trinajstić information content (AvgIpc) is 2.29. The second kappa shape index (κ2) is 7.73. The number of rotatable bonds is 7. The number of thioether (sulfide) groups is 1. The molecule has 0 aromatic heterocycles. The molecule has 3 N–H and O–H groups in total. The van der Waals surface area contributed by atoms with Crippen LogP contribution in [0.5, 0.6) is 0 Å². The molecule has 0 atom stereocenters. The fraction of sp³-hybridized carbons (Fsp3) is 0.333. The molecule has 1 amide bonds. The van der Waals surface area contributed by atoms with E-state index in [1.165, 1.54) is 0 Å². The molecule has 0 saturated heterocycles. The molecule has 1 aromatic rings. The third kappa shape index (κ3) is 5.70. The predicted molar refractivity (Wildman–Crippen MR) is 72.8 cm³/mol. The molecule has 0 bridgehead atoms. The Bertz CT molecular complexity index is 424. The first-order valence-corrected chi connectivity index (χ1v) is 6.60. The van der Waals surface area contributed by atoms with Gasteiger partial charge in [-0.2, -0.15) is 0 Å². The van der Waals surface area contributed by atoms with Crippen molar-refractivity contribution in [2.45, 2.75) is 6.54 Å². The first kappa shape index (κ1) is 14.5. The van der Waals surface area contributed by atoms with Crippen molar-refractivity contribution in [3.05, 3.63) is 29.8 Å². The lowest BCUT2D eigenvalue weighted by molar-refractivity contribution is -0.133. The normalized spacial score (nSPS) is 10.1. The molecule has 1 aromatic carbocycles. The second-order valence-electron chi connectivity index (χ2n) is 3.67. The molecule has 5 nitrogen and oxygen atoms in total. The maximum absolute atomic E-state index is 11.5. The fourth-order valence-corrected chi connectivity index (χ4v) is 1.93. The predicted octanol–water partition coefficient (Wildman–Crippen LogP) is 1.16. The summed E-state index contributed by atoms with van der Waals surface area (Å²) >= 11 is 1.08. The van der Waals surface area contributed by atoms with Crippen LogP contribution in [0.2, 0.25) is 0 Å². The monoisotopic (exact) mass is 268 g/mol. The SMILES string of the molecule is CNCc1cccc(NC(=O)CSCC(=O)O)c1. The third-order valence-electron chi connectivity index (χ3n) is 2.05. The molecule has 0 heterocycles. The van der Waals surface area contributed by atoms with Crippen LogP contribution in [0.4, 0.5) is 5.69 Å². The molecule has 1 rings (SSSR count). The van der Waals surface area contributed by atoms with E-state index in [1.54, 1.807) is 6.07 Å². The quantitative estimate of drug-likeness (QED) is 0.691. The topological polar surface area (TPSA) is 78.4 Å². The summed E-state index contributed by atoms with van der Waals surface area (Å²) in [5, 5.41) is 14.2. The minimum atomic E-state index is -0.913. The Hall–Kier alpha value is -1.53. The Morgan fingerprint density at radius 2 is 2.11 bits per heavy atom. The number of anilines is 1. The standard InChI is InChI=1S/C12H16N2O3S/c1-13-6-9-3-2-4-10(5-9)14-11(15)7-18-8-12(16)17/h2-5,13H,6-8H2,1H3,(H,14,15)(H,16,17). The van der Waals surface area contributed by atoms with Crippen molar-refractivity contribution in [3.63, 3.8) is 0 Å². The molecule has 18 heavy (non-hydrogen) atoms. The van der Waals surface area contributed by atoms with Gasteiger partial charge in [0.25, 0.3) is 0 Å². The number of carbonyl (C=O) groups is 2. The van der Waals surface area contributed by atoms with E-state index >= 15 is 0 Å². The molecular weight excluding hydrogens is 252 g/mol. The summed E-state index contributed by atoms with van der Waals surface area (Å²) in [6, 6.07) is 7.52. The molecule has 0 aliphatic rings. The molecule has 0 unspecified atom stereocenters. The third-order valence-corrected chi connectivity index (χ3v) is 2.97. The maximum atomic E-state index is 11.5. The minimum absolute atomic E-state index is 0.0623. The van der Waals surface area contributed by atoms with Gasteiger partial charge in [-0.1, -0.05) is 12.1 Å². The van der Waals surface area contributed by atoms with Crippen LogP contribution in [0.25, 0.3) is 0 Å². The molecule has 98 valence electrons. The van der Waals surface area contributed by atoms with Crippen LogP contribution in [-0.2, 0) is 16.1 Å². The lowest BCUT2D eigenvalue weighted by atomic mass is 10.2. The zero-order valence-corrected chi connectivity index (χ0v) is 10.9. The van der Waals surface area contributed by atoms with Gasteiger partial charge < -0.3 is 15.7 Å². The number of benzene rings is 1. The lowest BCUT2D eigenvalue weighted by Gasteiger charge is -2.06. The van der Waals surface area contributed by atoms with Gasteiger partial charge in [0.15, 0.2) is 0 Å². The van der Waals surface area contributed by atoms with Crippen LogP contribution >= 0.6 is 11.8 Å². The van der Waals surface area contributed by atoms with Gasteiger partial charge in [0, 0.05) is 12.2 Å². The number of carbonyl (C=O) groups excluding carboxylic acids is 1. The van der Waals surface area contributed by atoms with Crippen molar-refractivity contribution < 1.29 is 14.7 Å². The Balaban J connectivity index is 2.43. The van der Waals surface area contributed by atoms with Crippen molar-refractivity contribution in [1.82, 2.24) is 5.32 Å². The maximum Gasteiger partial charge on any atom is 0.313 e. The summed E-state index contributed by atoms with van der Waals surface area (Å²) in [6.07, 6.45) is 0. The van der Waals surface area contributed by atoms with Gasteiger partial charge in [0.2, 0.25) is 5.91 Å². The highest BCUT2D eigenvalue weighted by molar-refractivity contribution is 8.00. The first-order valence-electron chi connectivity index (χ1n) is 5.44. The largest absolute Gasteiger partial charge is 0.481 e. The number of carboxylic acid groups (broad SMARTS) is 1. The summed E-state index contributed by atoms with van der Waals surface area (Å²) < 4.78 is 0. The van der Waals surface area contributed by atoms with Gasteiger partial charge in [-0.15, -0.1) is 11.8 Å². The van der Waals surface area contributed by atoms with Crippen LogP contribution in [0.3, 0.4) is 0 Å². The fourth-order valence-electron chi connectivity index (χ4n) is 1.39. The Morgan fingerprint density at radius 1 is 1.33 bits per heavy atom. The van der Waals surface area contributed by atoms with Crippen LogP contribution in [-0.4, -0.2) is 35.5 Å². The summed E-state index contributed by atoms with van der Waals surface area (Å²) in [7, 11) is 1.85. The number of nitrogens with one attached hydrogen (secondary N) is 2. The van der Waals surface area contributed by atoms with Gasteiger partial charge in [-0.3, -0.25) is 9.59 Å². The van der Waals surface area contributed by atoms with Crippen LogP contribution in [0.1, 0.15) is 5.56 Å². The van der Waals surface area contributed by atoms with E-state index in [0.29, 0.717) is 0 Å². The van der Waals surface area contributed by atoms with E-state index in [4.69, 9.17) is 5.11 Å². The Labute approximate surface area is 110 Å². The lowest BCUT2D eigenvalue weighted by Crippen LogP contribution is -2.15. The highest BCUT2D eigenvalue weighted by Crippen LogP contribution is 2.11. The molecule has 0 aliphatic carbocycles. The smallest absolute Gasteiger partial charge is 0.313 e. The van der Waals surface area contributed by atoms with E-state index in [-0.39, 0.29) is 17.4 Å². The van der Waals surface area contributed by atoms with Gasteiger partial charge in [-0.05, 0) is 24.7 Å². The summed E-state index contributed by atoms with van der Waals surface area (Å²) in [4.78, 5) is 21.8.